The van der Waals surface area contributed by atoms with Gasteiger partial charge in [-0.1, -0.05) is 44.4 Å². The first-order chi connectivity index (χ1) is 26.4. The summed E-state index contributed by atoms with van der Waals surface area (Å²) in [4.78, 5) is 10.3. The number of hydrogen-bond acceptors (Lipinski definition) is 7. The molecule has 0 heterocycles. The van der Waals surface area contributed by atoms with Crippen molar-refractivity contribution < 1.29 is 33.2 Å². The van der Waals surface area contributed by atoms with Gasteiger partial charge in [0.2, 0.25) is 0 Å². The molecule has 322 valence electrons. The van der Waals surface area contributed by atoms with Crippen LogP contribution >= 0.6 is 171 Å². The van der Waals surface area contributed by atoms with E-state index < -0.39 is 0 Å². The van der Waals surface area contributed by atoms with Gasteiger partial charge >= 0.3 is 0 Å². The lowest BCUT2D eigenvalue weighted by atomic mass is 10.2. The number of allylic oxidation sites excluding steroid dienone is 1. The zero-order valence-corrected chi connectivity index (χ0v) is 54.6. The van der Waals surface area contributed by atoms with E-state index in [4.69, 9.17) is 28.4 Å². The lowest BCUT2D eigenvalue weighted by Gasteiger charge is -2.29. The minimum atomic E-state index is -0.301. The summed E-state index contributed by atoms with van der Waals surface area (Å²) in [6.07, 6.45) is 4.23. The van der Waals surface area contributed by atoms with Crippen molar-refractivity contribution in [3.63, 3.8) is 0 Å². The Labute approximate surface area is 377 Å². The SMILES string of the molecule is COc1ccc(COC/C=C(\C)C(OC)OC)cc1.COc1ccc(COC/C=C(\C)C=O)cc1.PP(P)P(P(P)P)P(P)P.PPP(P)P(P(P)P)P(P)P. The van der Waals surface area contributed by atoms with E-state index in [-0.39, 0.29) is 62.2 Å². The number of hydrogen-bond donors (Lipinski definition) is 0. The van der Waals surface area contributed by atoms with Crippen LogP contribution in [-0.4, -0.2) is 54.2 Å². The molecule has 0 radical (unpaired) electrons. The number of methoxy groups -OCH3 is 4. The molecule has 0 N–H and O–H groups in total. The summed E-state index contributed by atoms with van der Waals surface area (Å²) in [6.45, 7) is 7.18. The van der Waals surface area contributed by atoms with Crippen LogP contribution in [0.3, 0.4) is 0 Å². The summed E-state index contributed by atoms with van der Waals surface area (Å²) in [7, 11) is 43.1. The monoisotopic (exact) mass is 1160 g/mol. The van der Waals surface area contributed by atoms with Crippen molar-refractivity contribution in [3.8, 4) is 11.5 Å². The van der Waals surface area contributed by atoms with Crippen molar-refractivity contribution >= 4 is 177 Å². The molecule has 0 bridgehead atoms. The average Bonchev–Trinajstić information content (AvgIpc) is 3.15. The van der Waals surface area contributed by atoms with E-state index in [0.29, 0.717) is 32.0 Å². The molecule has 28 heteroatoms. The first kappa shape index (κ1) is 64.1. The molecule has 0 fully saturated rings. The van der Waals surface area contributed by atoms with Crippen LogP contribution in [0.25, 0.3) is 0 Å². The second kappa shape index (κ2) is 41.3. The van der Waals surface area contributed by atoms with E-state index >= 15 is 0 Å². The van der Waals surface area contributed by atoms with Crippen LogP contribution < -0.4 is 9.47 Å². The van der Waals surface area contributed by atoms with Crippen molar-refractivity contribution in [1.82, 2.24) is 0 Å². The van der Waals surface area contributed by atoms with Gasteiger partial charge in [-0.15, -0.1) is 107 Å². The highest BCUT2D eigenvalue weighted by atomic mass is 33.2. The van der Waals surface area contributed by atoms with Gasteiger partial charge in [0.25, 0.3) is 0 Å². The van der Waals surface area contributed by atoms with Gasteiger partial charge in [-0.3, -0.25) is 4.79 Å². The molecule has 0 saturated heterocycles. The molecule has 14 unspecified atom stereocenters. The summed E-state index contributed by atoms with van der Waals surface area (Å²) in [5.41, 5.74) is 3.88. The Bertz CT molecular complexity index is 1290. The van der Waals surface area contributed by atoms with Crippen LogP contribution in [0, 0.1) is 0 Å². The third-order valence-corrected chi connectivity index (χ3v) is 115. The number of aldehydes is 1. The van der Waals surface area contributed by atoms with Gasteiger partial charge in [-0.2, -0.15) is 0 Å². The number of rotatable bonds is 21. The summed E-state index contributed by atoms with van der Waals surface area (Å²) in [5, 5.41) is 0. The van der Waals surface area contributed by atoms with E-state index in [1.54, 1.807) is 41.4 Å². The van der Waals surface area contributed by atoms with E-state index in [1.165, 1.54) is 0 Å². The van der Waals surface area contributed by atoms with E-state index in [9.17, 15) is 4.79 Å². The van der Waals surface area contributed by atoms with Crippen molar-refractivity contribution in [1.29, 1.82) is 0 Å². The van der Waals surface area contributed by atoms with Crippen LogP contribution in [0.4, 0.5) is 0 Å². The molecule has 0 saturated carbocycles. The Morgan fingerprint density at radius 2 is 0.964 bits per heavy atom. The van der Waals surface area contributed by atoms with Gasteiger partial charge in [0, 0.05) is 14.2 Å². The molecule has 7 nitrogen and oxygen atoms in total. The van der Waals surface area contributed by atoms with Crippen LogP contribution in [0.5, 0.6) is 11.5 Å². The highest BCUT2D eigenvalue weighted by Gasteiger charge is 2.23. The molecule has 2 aromatic rings. The van der Waals surface area contributed by atoms with E-state index in [1.807, 2.05) is 61.5 Å². The molecule has 0 aliphatic rings. The molecule has 0 aliphatic heterocycles. The fourth-order valence-electron chi connectivity index (χ4n) is 3.54. The fraction of sp³-hybridized carbons (Fsp3) is 0.393. The second-order valence-corrected chi connectivity index (χ2v) is 86.1. The highest BCUT2D eigenvalue weighted by Crippen LogP contribution is 3.13. The molecule has 0 aromatic heterocycles. The first-order valence-electron chi connectivity index (χ1n) is 15.8. The van der Waals surface area contributed by atoms with Crippen LogP contribution in [0.2, 0.25) is 0 Å². The Morgan fingerprint density at radius 3 is 1.21 bits per heavy atom. The molecular weight excluding hydrogens is 1100 g/mol. The molecule has 14 atom stereocenters. The maximum atomic E-state index is 10.3. The van der Waals surface area contributed by atoms with Gasteiger partial charge in [0.05, 0.1) is 40.6 Å². The Morgan fingerprint density at radius 1 is 0.607 bits per heavy atom. The number of benzene rings is 2. The van der Waals surface area contributed by atoms with Crippen molar-refractivity contribution in [3.05, 3.63) is 83.0 Å². The maximum Gasteiger partial charge on any atom is 0.178 e. The van der Waals surface area contributed by atoms with Gasteiger partial charge in [-0.25, -0.2) is 0 Å². The minimum Gasteiger partial charge on any atom is -0.497 e. The number of carbonyl (C=O) groups excluding carboxylic acids is 1. The first-order valence-corrected chi connectivity index (χ1v) is 52.2. The molecule has 0 aliphatic carbocycles. The van der Waals surface area contributed by atoms with Crippen LogP contribution in [0.1, 0.15) is 25.0 Å². The summed E-state index contributed by atoms with van der Waals surface area (Å²) < 4.78 is 31.4. The Kier molecular flexibility index (Phi) is 47.3. The molecule has 0 spiro atoms. The van der Waals surface area contributed by atoms with Crippen LogP contribution in [-0.2, 0) is 37.0 Å². The average molecular weight is 1160 g/mol. The zero-order chi connectivity index (χ0) is 43.2. The summed E-state index contributed by atoms with van der Waals surface area (Å²) >= 11 is 0. The van der Waals surface area contributed by atoms with Gasteiger partial charge in [0.1, 0.15) is 17.8 Å². The topological polar surface area (TPSA) is 72.5 Å². The maximum absolute atomic E-state index is 10.3. The molecule has 2 aromatic carbocycles. The van der Waals surface area contributed by atoms with Gasteiger partial charge < -0.3 is 28.4 Å². The quantitative estimate of drug-likeness (QED) is 0.0308. The number of carbonyl (C=O) groups is 1. The Hall–Kier alpha value is 6.06. The van der Waals surface area contributed by atoms with E-state index in [2.05, 4.69) is 107 Å². The lowest BCUT2D eigenvalue weighted by molar-refractivity contribution is -0.104. The van der Waals surface area contributed by atoms with Crippen LogP contribution in [0.15, 0.2) is 71.8 Å². The van der Waals surface area contributed by atoms with Crippen molar-refractivity contribution in [2.75, 3.05) is 41.7 Å². The number of ether oxygens (including phenoxy) is 6. The molecule has 56 heavy (non-hydrogen) atoms. The second-order valence-electron chi connectivity index (χ2n) is 10.5. The summed E-state index contributed by atoms with van der Waals surface area (Å²) in [5.74, 6) is 1.68. The molecule has 0 amide bonds. The normalized spacial score (nSPS) is 12.7. The predicted molar refractivity (Wildman–Crippen MR) is 317 cm³/mol. The highest BCUT2D eigenvalue weighted by molar-refractivity contribution is 9.18. The third-order valence-electron chi connectivity index (χ3n) is 6.25. The minimum absolute atomic E-state index is 0.130. The summed E-state index contributed by atoms with van der Waals surface area (Å²) in [6, 6.07) is 15.5. The fourth-order valence-corrected chi connectivity index (χ4v) is 185. The smallest absolute Gasteiger partial charge is 0.178 e. The third kappa shape index (κ3) is 32.7. The Balaban J connectivity index is 0. The largest absolute Gasteiger partial charge is 0.497 e. The standard InChI is InChI=1S/C15H22O4.C13H16O3.H13P11.H12P10/c1-12(15(17-3)18-4)9-10-19-11-13-5-7-14(16-2)8-6-13;1-11(9-14)7-8-16-10-12-3-5-13(15-2)6-4-12;1-7-10(6)11(8(2)3)9(4)5;1-7(2)10(8(3)4)9(5)6/h5-9,15H,10-11H2,1-4H3;3-7,9H,8,10H2,1-2H3;7H,1-6H2;1-6H2/b12-9+;11-7+;;. The van der Waals surface area contributed by atoms with Gasteiger partial charge in [0.15, 0.2) is 6.29 Å². The zero-order valence-electron chi connectivity index (χ0n) is 32.6. The van der Waals surface area contributed by atoms with Crippen molar-refractivity contribution in [2.45, 2.75) is 33.4 Å². The van der Waals surface area contributed by atoms with Crippen molar-refractivity contribution in [2.24, 2.45) is 0 Å². The lowest BCUT2D eigenvalue weighted by Crippen LogP contribution is -2.14. The van der Waals surface area contributed by atoms with Gasteiger partial charge in [-0.05, 0) is 116 Å². The molecule has 2 rings (SSSR count). The molecular formula is C28H63O7P21. The predicted octanol–water partition coefficient (Wildman–Crippen LogP) is 16.5. The van der Waals surface area contributed by atoms with E-state index in [0.717, 1.165) is 42.4 Å².